The van der Waals surface area contributed by atoms with E-state index in [0.29, 0.717) is 41.7 Å². The molecule has 7 nitrogen and oxygen atoms in total. The molecule has 1 aromatic heterocycles. The minimum atomic E-state index is -0.308. The van der Waals surface area contributed by atoms with Gasteiger partial charge in [0.05, 0.1) is 0 Å². The zero-order chi connectivity index (χ0) is 19.8. The maximum absolute atomic E-state index is 12.2. The molecule has 2 aliphatic rings. The Morgan fingerprint density at radius 3 is 2.72 bits per heavy atom. The van der Waals surface area contributed by atoms with Crippen LogP contribution >= 0.6 is 0 Å². The van der Waals surface area contributed by atoms with Gasteiger partial charge in [0, 0.05) is 28.8 Å². The van der Waals surface area contributed by atoms with Gasteiger partial charge in [0.25, 0.3) is 5.91 Å². The van der Waals surface area contributed by atoms with Crippen molar-refractivity contribution in [2.24, 2.45) is 0 Å². The van der Waals surface area contributed by atoms with Gasteiger partial charge in [-0.15, -0.1) is 0 Å². The van der Waals surface area contributed by atoms with E-state index in [4.69, 9.17) is 18.6 Å². The fourth-order valence-corrected chi connectivity index (χ4v) is 3.82. The minimum Gasteiger partial charge on any atom is -0.486 e. The summed E-state index contributed by atoms with van der Waals surface area (Å²) in [6.07, 6.45) is 2.62. The molecule has 0 spiro atoms. The highest BCUT2D eigenvalue weighted by Gasteiger charge is 2.20. The molecule has 0 atom stereocenters. The number of fused-ring (bicyclic) bond motifs is 4. The molecular weight excluding hydrogens is 374 g/mol. The summed E-state index contributed by atoms with van der Waals surface area (Å²) in [5.41, 5.74) is 2.66. The van der Waals surface area contributed by atoms with Gasteiger partial charge >= 0.3 is 5.63 Å². The lowest BCUT2D eigenvalue weighted by Gasteiger charge is -2.19. The van der Waals surface area contributed by atoms with Crippen molar-refractivity contribution in [2.75, 3.05) is 25.1 Å². The largest absolute Gasteiger partial charge is 0.486 e. The van der Waals surface area contributed by atoms with Crippen molar-refractivity contribution >= 4 is 22.6 Å². The molecule has 29 heavy (non-hydrogen) atoms. The van der Waals surface area contributed by atoms with E-state index in [-0.39, 0.29) is 18.1 Å². The number of carbonyl (C=O) groups excluding carboxylic acids is 1. The van der Waals surface area contributed by atoms with Gasteiger partial charge in [-0.2, -0.15) is 0 Å². The van der Waals surface area contributed by atoms with E-state index in [9.17, 15) is 9.59 Å². The molecule has 148 valence electrons. The Balaban J connectivity index is 1.27. The Labute approximate surface area is 166 Å². The first kappa shape index (κ1) is 17.6. The van der Waals surface area contributed by atoms with Crippen molar-refractivity contribution in [3.8, 4) is 17.2 Å². The second kappa shape index (κ2) is 7.16. The van der Waals surface area contributed by atoms with Crippen LogP contribution < -0.4 is 25.2 Å². The second-order valence-corrected chi connectivity index (χ2v) is 7.05. The molecule has 1 aliphatic carbocycles. The third-order valence-electron chi connectivity index (χ3n) is 5.14. The summed E-state index contributed by atoms with van der Waals surface area (Å²) in [6, 6.07) is 10.6. The topological polar surface area (TPSA) is 87.0 Å². The van der Waals surface area contributed by atoms with Crippen LogP contribution in [0.15, 0.2) is 45.6 Å². The first-order valence-electron chi connectivity index (χ1n) is 9.58. The van der Waals surface area contributed by atoms with Crippen LogP contribution in [0.3, 0.4) is 0 Å². The summed E-state index contributed by atoms with van der Waals surface area (Å²) in [5, 5.41) is 3.70. The Kier molecular flexibility index (Phi) is 4.35. The smallest absolute Gasteiger partial charge is 0.339 e. The molecule has 0 fully saturated rings. The van der Waals surface area contributed by atoms with E-state index in [1.165, 1.54) is 0 Å². The molecule has 0 unspecified atom stereocenters. The number of anilines is 1. The molecule has 0 saturated carbocycles. The zero-order valence-electron chi connectivity index (χ0n) is 15.7. The Hall–Kier alpha value is -3.48. The Morgan fingerprint density at radius 1 is 1.00 bits per heavy atom. The molecule has 0 radical (unpaired) electrons. The standard InChI is InChI=1S/C22H19NO6/c24-21(23-13-4-7-18-20(10-13)27-9-8-26-18)12-28-14-5-6-16-15-2-1-3-17(15)22(25)29-19(16)11-14/h4-7,10-11H,1-3,8-9,12H2,(H,23,24). The van der Waals surface area contributed by atoms with Crippen molar-refractivity contribution in [2.45, 2.75) is 19.3 Å². The number of ether oxygens (including phenoxy) is 3. The van der Waals surface area contributed by atoms with Gasteiger partial charge in [0.2, 0.25) is 0 Å². The summed E-state index contributed by atoms with van der Waals surface area (Å²) in [7, 11) is 0. The Morgan fingerprint density at radius 2 is 1.83 bits per heavy atom. The molecule has 1 amide bonds. The monoisotopic (exact) mass is 393 g/mol. The highest BCUT2D eigenvalue weighted by Crippen LogP contribution is 2.33. The molecule has 1 N–H and O–H groups in total. The van der Waals surface area contributed by atoms with Crippen LogP contribution in [0.1, 0.15) is 17.5 Å². The number of benzene rings is 2. The second-order valence-electron chi connectivity index (χ2n) is 7.05. The molecule has 0 saturated heterocycles. The lowest BCUT2D eigenvalue weighted by molar-refractivity contribution is -0.118. The first-order chi connectivity index (χ1) is 14.2. The van der Waals surface area contributed by atoms with E-state index in [2.05, 4.69) is 5.32 Å². The van der Waals surface area contributed by atoms with Gasteiger partial charge < -0.3 is 23.9 Å². The lowest BCUT2D eigenvalue weighted by atomic mass is 10.1. The summed E-state index contributed by atoms with van der Waals surface area (Å²) >= 11 is 0. The number of rotatable bonds is 4. The van der Waals surface area contributed by atoms with E-state index in [1.54, 1.807) is 30.3 Å². The van der Waals surface area contributed by atoms with Gasteiger partial charge in [-0.05, 0) is 49.1 Å². The average molecular weight is 393 g/mol. The summed E-state index contributed by atoms with van der Waals surface area (Å²) < 4.78 is 22.0. The molecule has 3 aromatic rings. The maximum Gasteiger partial charge on any atom is 0.339 e. The fourth-order valence-electron chi connectivity index (χ4n) is 3.82. The molecule has 1 aliphatic heterocycles. The van der Waals surface area contributed by atoms with Crippen molar-refractivity contribution in [3.63, 3.8) is 0 Å². The van der Waals surface area contributed by atoms with Gasteiger partial charge in [-0.3, -0.25) is 4.79 Å². The number of aryl methyl sites for hydroxylation is 1. The minimum absolute atomic E-state index is 0.172. The van der Waals surface area contributed by atoms with E-state index in [0.717, 1.165) is 35.8 Å². The van der Waals surface area contributed by atoms with Gasteiger partial charge in [-0.25, -0.2) is 4.79 Å². The number of hydrogen-bond acceptors (Lipinski definition) is 6. The maximum atomic E-state index is 12.2. The fraction of sp³-hybridized carbons (Fsp3) is 0.273. The third-order valence-corrected chi connectivity index (χ3v) is 5.14. The lowest BCUT2D eigenvalue weighted by Crippen LogP contribution is -2.20. The van der Waals surface area contributed by atoms with Crippen LogP contribution in [0.5, 0.6) is 17.2 Å². The van der Waals surface area contributed by atoms with Crippen LogP contribution in [0, 0.1) is 0 Å². The molecule has 5 rings (SSSR count). The van der Waals surface area contributed by atoms with Crippen LogP contribution in [-0.2, 0) is 17.6 Å². The molecular formula is C22H19NO6. The highest BCUT2D eigenvalue weighted by molar-refractivity contribution is 5.92. The van der Waals surface area contributed by atoms with Gasteiger partial charge in [0.15, 0.2) is 18.1 Å². The van der Waals surface area contributed by atoms with Crippen molar-refractivity contribution < 1.29 is 23.4 Å². The normalized spacial score (nSPS) is 14.5. The molecule has 2 aromatic carbocycles. The van der Waals surface area contributed by atoms with Crippen LogP contribution in [0.2, 0.25) is 0 Å². The van der Waals surface area contributed by atoms with Gasteiger partial charge in [-0.1, -0.05) is 0 Å². The summed E-state index contributed by atoms with van der Waals surface area (Å²) in [4.78, 5) is 24.4. The van der Waals surface area contributed by atoms with Crippen molar-refractivity contribution in [1.29, 1.82) is 0 Å². The number of amides is 1. The highest BCUT2D eigenvalue weighted by atomic mass is 16.6. The van der Waals surface area contributed by atoms with Crippen molar-refractivity contribution in [1.82, 2.24) is 0 Å². The molecule has 0 bridgehead atoms. The van der Waals surface area contributed by atoms with E-state index < -0.39 is 0 Å². The molecule has 2 heterocycles. The molecule has 7 heteroatoms. The van der Waals surface area contributed by atoms with Gasteiger partial charge in [0.1, 0.15) is 24.5 Å². The summed E-state index contributed by atoms with van der Waals surface area (Å²) in [6.45, 7) is 0.825. The quantitative estimate of drug-likeness (QED) is 0.686. The SMILES string of the molecule is O=C(COc1ccc2c3c(c(=O)oc2c1)CCC3)Nc1ccc2c(c1)OCCO2. The van der Waals surface area contributed by atoms with E-state index >= 15 is 0 Å². The zero-order valence-corrected chi connectivity index (χ0v) is 15.7. The van der Waals surface area contributed by atoms with Crippen LogP contribution in [0.25, 0.3) is 11.0 Å². The predicted molar refractivity (Wildman–Crippen MR) is 106 cm³/mol. The van der Waals surface area contributed by atoms with Crippen molar-refractivity contribution in [3.05, 3.63) is 57.9 Å². The van der Waals surface area contributed by atoms with E-state index in [1.807, 2.05) is 6.07 Å². The number of nitrogens with one attached hydrogen (secondary N) is 1. The predicted octanol–water partition coefficient (Wildman–Crippen LogP) is 3.07. The Bertz CT molecular complexity index is 1170. The number of hydrogen-bond donors (Lipinski definition) is 1. The van der Waals surface area contributed by atoms with Crippen LogP contribution in [-0.4, -0.2) is 25.7 Å². The van der Waals surface area contributed by atoms with Crippen LogP contribution in [0.4, 0.5) is 5.69 Å². The number of carbonyl (C=O) groups is 1. The third kappa shape index (κ3) is 3.40. The summed E-state index contributed by atoms with van der Waals surface area (Å²) in [5.74, 6) is 1.43. The average Bonchev–Trinajstić information content (AvgIpc) is 3.23. The first-order valence-corrected chi connectivity index (χ1v) is 9.58.